The molecule has 0 N–H and O–H groups in total. The van der Waals surface area contributed by atoms with E-state index >= 15 is 0 Å². The fraction of sp³-hybridized carbons (Fsp3) is 0.481. The summed E-state index contributed by atoms with van der Waals surface area (Å²) in [6, 6.07) is 14.5. The van der Waals surface area contributed by atoms with E-state index in [1.807, 2.05) is 24.3 Å². The highest BCUT2D eigenvalue weighted by molar-refractivity contribution is 6.19. The van der Waals surface area contributed by atoms with Crippen LogP contribution in [0.1, 0.15) is 77.6 Å². The number of ether oxygens (including phenoxy) is 1. The van der Waals surface area contributed by atoms with Crippen LogP contribution < -0.4 is 9.64 Å². The lowest BCUT2D eigenvalue weighted by Gasteiger charge is -2.13. The van der Waals surface area contributed by atoms with Crippen molar-refractivity contribution in [1.29, 1.82) is 0 Å². The van der Waals surface area contributed by atoms with Gasteiger partial charge in [-0.05, 0) is 55.0 Å². The van der Waals surface area contributed by atoms with Gasteiger partial charge in [0.15, 0.2) is 0 Å². The van der Waals surface area contributed by atoms with Crippen molar-refractivity contribution in [2.45, 2.75) is 77.6 Å². The lowest BCUT2D eigenvalue weighted by atomic mass is 10.1. The molecule has 0 aromatic heterocycles. The normalized spacial score (nSPS) is 13.9. The number of amides is 2. The van der Waals surface area contributed by atoms with Crippen molar-refractivity contribution in [2.75, 3.05) is 11.5 Å². The molecule has 1 saturated heterocycles. The van der Waals surface area contributed by atoms with Crippen LogP contribution in [0.2, 0.25) is 0 Å². The molecule has 0 bridgehead atoms. The van der Waals surface area contributed by atoms with E-state index in [0.717, 1.165) is 24.5 Å². The first-order valence-electron chi connectivity index (χ1n) is 12.3. The molecule has 0 saturated carbocycles. The Bertz CT molecular complexity index is 891. The smallest absolute Gasteiger partial charge is 0.234 e. The van der Waals surface area contributed by atoms with Crippen LogP contribution in [0.25, 0.3) is 0 Å². The van der Waals surface area contributed by atoms with Gasteiger partial charge in [0.25, 0.3) is 0 Å². The highest BCUT2D eigenvalue weighted by Gasteiger charge is 2.29. The molecule has 0 atom stereocenters. The molecule has 6 nitrogen and oxygen atoms in total. The molecule has 1 aliphatic rings. The van der Waals surface area contributed by atoms with E-state index < -0.39 is 0 Å². The van der Waals surface area contributed by atoms with E-state index in [0.29, 0.717) is 11.4 Å². The second-order valence-electron chi connectivity index (χ2n) is 8.51. The van der Waals surface area contributed by atoms with Crippen molar-refractivity contribution in [1.82, 2.24) is 0 Å². The molecule has 2 amide bonds. The first-order chi connectivity index (χ1) is 16.2. The summed E-state index contributed by atoms with van der Waals surface area (Å²) in [4.78, 5) is 24.9. The number of anilines is 1. The second kappa shape index (κ2) is 13.5. The Morgan fingerprint density at radius 1 is 0.697 bits per heavy atom. The van der Waals surface area contributed by atoms with E-state index in [1.165, 1.54) is 56.3 Å². The van der Waals surface area contributed by atoms with E-state index in [9.17, 15) is 9.59 Å². The zero-order valence-corrected chi connectivity index (χ0v) is 19.7. The van der Waals surface area contributed by atoms with Gasteiger partial charge >= 0.3 is 0 Å². The number of hydrogen-bond donors (Lipinski definition) is 0. The van der Waals surface area contributed by atoms with E-state index in [-0.39, 0.29) is 24.7 Å². The van der Waals surface area contributed by atoms with E-state index in [1.54, 1.807) is 24.3 Å². The van der Waals surface area contributed by atoms with Crippen LogP contribution in [0.3, 0.4) is 0 Å². The average molecular weight is 450 g/mol. The maximum atomic E-state index is 11.8. The molecular weight excluding hydrogens is 414 g/mol. The number of unbranched alkanes of at least 4 members (excludes halogenated alkanes) is 8. The number of benzene rings is 2. The third-order valence-corrected chi connectivity index (χ3v) is 5.79. The van der Waals surface area contributed by atoms with Crippen LogP contribution >= 0.6 is 0 Å². The Labute approximate surface area is 197 Å². The van der Waals surface area contributed by atoms with Gasteiger partial charge in [-0.2, -0.15) is 10.2 Å². The Kier molecular flexibility index (Phi) is 10.1. The molecule has 1 fully saturated rings. The summed E-state index contributed by atoms with van der Waals surface area (Å²) >= 11 is 0. The molecule has 1 heterocycles. The fourth-order valence-electron chi connectivity index (χ4n) is 3.86. The lowest BCUT2D eigenvalue weighted by molar-refractivity contribution is -0.121. The Morgan fingerprint density at radius 2 is 1.18 bits per heavy atom. The number of carbonyl (C=O) groups is 2. The van der Waals surface area contributed by atoms with Crippen molar-refractivity contribution < 1.29 is 14.3 Å². The van der Waals surface area contributed by atoms with Crippen molar-refractivity contribution in [3.63, 3.8) is 0 Å². The molecule has 0 aliphatic carbocycles. The summed E-state index contributed by atoms with van der Waals surface area (Å²) in [7, 11) is 0. The van der Waals surface area contributed by atoms with Crippen LogP contribution in [-0.4, -0.2) is 18.4 Å². The van der Waals surface area contributed by atoms with Gasteiger partial charge in [-0.1, -0.05) is 58.3 Å². The van der Waals surface area contributed by atoms with Crippen molar-refractivity contribution in [2.24, 2.45) is 10.2 Å². The summed E-state index contributed by atoms with van der Waals surface area (Å²) in [5.74, 6) is 0.529. The van der Waals surface area contributed by atoms with Crippen LogP contribution in [0.4, 0.5) is 17.1 Å². The van der Waals surface area contributed by atoms with Crippen molar-refractivity contribution >= 4 is 28.9 Å². The van der Waals surface area contributed by atoms with Crippen LogP contribution in [0.5, 0.6) is 5.75 Å². The van der Waals surface area contributed by atoms with Gasteiger partial charge in [-0.25, -0.2) is 0 Å². The SMILES string of the molecule is CCCCCCCCCCCOc1ccc(N=Nc2ccc(N3C(=O)CCC3=O)cc2)cc1. The third-order valence-electron chi connectivity index (χ3n) is 5.79. The van der Waals surface area contributed by atoms with Gasteiger partial charge in [0, 0.05) is 12.8 Å². The monoisotopic (exact) mass is 449 g/mol. The number of imide groups is 1. The standard InChI is InChI=1S/C27H35N3O3/c1-2-3-4-5-6-7-8-9-10-21-33-25-17-13-23(14-18-25)29-28-22-11-15-24(16-12-22)30-26(31)19-20-27(30)32/h11-18H,2-10,19-21H2,1H3. The van der Waals surface area contributed by atoms with Gasteiger partial charge in [0.05, 0.1) is 23.7 Å². The fourth-order valence-corrected chi connectivity index (χ4v) is 3.86. The minimum absolute atomic E-state index is 0.158. The van der Waals surface area contributed by atoms with Crippen molar-refractivity contribution in [3.8, 4) is 5.75 Å². The first-order valence-corrected chi connectivity index (χ1v) is 12.3. The van der Waals surface area contributed by atoms with Crippen molar-refractivity contribution in [3.05, 3.63) is 48.5 Å². The van der Waals surface area contributed by atoms with E-state index in [4.69, 9.17) is 4.74 Å². The summed E-state index contributed by atoms with van der Waals surface area (Å²) in [5, 5.41) is 8.49. The molecule has 33 heavy (non-hydrogen) atoms. The molecule has 2 aromatic carbocycles. The maximum Gasteiger partial charge on any atom is 0.234 e. The minimum Gasteiger partial charge on any atom is -0.494 e. The lowest BCUT2D eigenvalue weighted by Crippen LogP contribution is -2.28. The number of hydrogen-bond acceptors (Lipinski definition) is 5. The number of azo groups is 1. The van der Waals surface area contributed by atoms with E-state index in [2.05, 4.69) is 17.2 Å². The van der Waals surface area contributed by atoms with Crippen LogP contribution in [0, 0.1) is 0 Å². The van der Waals surface area contributed by atoms with Crippen LogP contribution in [-0.2, 0) is 9.59 Å². The van der Waals surface area contributed by atoms with Crippen LogP contribution in [0.15, 0.2) is 58.8 Å². The molecule has 0 spiro atoms. The highest BCUT2D eigenvalue weighted by atomic mass is 16.5. The summed E-state index contributed by atoms with van der Waals surface area (Å²) in [6.45, 7) is 2.99. The van der Waals surface area contributed by atoms with Gasteiger partial charge < -0.3 is 4.74 Å². The molecule has 0 unspecified atom stereocenters. The number of carbonyl (C=O) groups excluding carboxylic acids is 2. The Hall–Kier alpha value is -3.02. The second-order valence-corrected chi connectivity index (χ2v) is 8.51. The molecule has 2 aromatic rings. The van der Waals surface area contributed by atoms with Gasteiger partial charge in [0.2, 0.25) is 11.8 Å². The summed E-state index contributed by atoms with van der Waals surface area (Å²) in [5.41, 5.74) is 1.97. The number of nitrogens with zero attached hydrogens (tertiary/aromatic N) is 3. The topological polar surface area (TPSA) is 71.3 Å². The number of rotatable bonds is 14. The quantitative estimate of drug-likeness (QED) is 0.169. The van der Waals surface area contributed by atoms with Gasteiger partial charge in [-0.15, -0.1) is 0 Å². The molecule has 6 heteroatoms. The summed E-state index contributed by atoms with van der Waals surface area (Å²) < 4.78 is 5.83. The first kappa shape index (κ1) is 24.6. The molecule has 3 rings (SSSR count). The Morgan fingerprint density at radius 3 is 1.73 bits per heavy atom. The largest absolute Gasteiger partial charge is 0.494 e. The predicted octanol–water partition coefficient (Wildman–Crippen LogP) is 7.67. The van der Waals surface area contributed by atoms with Gasteiger partial charge in [-0.3, -0.25) is 14.5 Å². The minimum atomic E-state index is -0.158. The highest BCUT2D eigenvalue weighted by Crippen LogP contribution is 2.26. The maximum absolute atomic E-state index is 11.8. The zero-order chi connectivity index (χ0) is 23.3. The third kappa shape index (κ3) is 8.12. The summed E-state index contributed by atoms with van der Waals surface area (Å²) in [6.07, 6.45) is 12.3. The molecule has 0 radical (unpaired) electrons. The zero-order valence-electron chi connectivity index (χ0n) is 19.7. The molecular formula is C27H35N3O3. The molecule has 1 aliphatic heterocycles. The Balaban J connectivity index is 1.35. The molecule has 176 valence electrons. The average Bonchev–Trinajstić information content (AvgIpc) is 3.18. The van der Waals surface area contributed by atoms with Gasteiger partial charge in [0.1, 0.15) is 5.75 Å². The predicted molar refractivity (Wildman–Crippen MR) is 132 cm³/mol.